The van der Waals surface area contributed by atoms with Crippen molar-refractivity contribution >= 4 is 11.7 Å². The van der Waals surface area contributed by atoms with Crippen molar-refractivity contribution in [2.24, 2.45) is 0 Å². The average molecular weight is 219 g/mol. The van der Waals surface area contributed by atoms with Gasteiger partial charge in [0.05, 0.1) is 12.7 Å². The number of para-hydroxylation sites is 1. The van der Waals surface area contributed by atoms with Crippen molar-refractivity contribution in [2.75, 3.05) is 12.4 Å². The molecule has 86 valence electrons. The quantitative estimate of drug-likeness (QED) is 0.794. The van der Waals surface area contributed by atoms with E-state index in [1.54, 1.807) is 6.07 Å². The number of benzene rings is 1. The van der Waals surface area contributed by atoms with Crippen LogP contribution in [0, 0.1) is 0 Å². The van der Waals surface area contributed by atoms with Gasteiger partial charge in [0.25, 0.3) is 0 Å². The number of carbonyl (C=O) groups excluding carboxylic acids is 1. The van der Waals surface area contributed by atoms with Gasteiger partial charge in [-0.25, -0.2) is 4.79 Å². The van der Waals surface area contributed by atoms with E-state index >= 15 is 0 Å². The van der Waals surface area contributed by atoms with Crippen molar-refractivity contribution in [1.82, 2.24) is 0 Å². The molecular weight excluding hydrogens is 202 g/mol. The third kappa shape index (κ3) is 2.35. The van der Waals surface area contributed by atoms with Crippen molar-refractivity contribution in [3.05, 3.63) is 29.8 Å². The molecule has 3 nitrogen and oxygen atoms in total. The number of ether oxygens (including phenoxy) is 1. The van der Waals surface area contributed by atoms with Gasteiger partial charge in [0.2, 0.25) is 0 Å². The molecule has 1 N–H and O–H groups in total. The van der Waals surface area contributed by atoms with Crippen molar-refractivity contribution in [3.8, 4) is 0 Å². The Morgan fingerprint density at radius 1 is 1.31 bits per heavy atom. The van der Waals surface area contributed by atoms with E-state index in [0.717, 1.165) is 5.69 Å². The van der Waals surface area contributed by atoms with Crippen LogP contribution in [-0.2, 0) is 4.74 Å². The van der Waals surface area contributed by atoms with Gasteiger partial charge in [0.15, 0.2) is 0 Å². The SMILES string of the molecule is COC(=O)c1ccccc1NC1CCCC1. The smallest absolute Gasteiger partial charge is 0.339 e. The van der Waals surface area contributed by atoms with Crippen molar-refractivity contribution < 1.29 is 9.53 Å². The van der Waals surface area contributed by atoms with E-state index in [-0.39, 0.29) is 5.97 Å². The van der Waals surface area contributed by atoms with Gasteiger partial charge in [0.1, 0.15) is 0 Å². The monoisotopic (exact) mass is 219 g/mol. The second-order valence-electron chi connectivity index (χ2n) is 4.16. The number of rotatable bonds is 3. The number of anilines is 1. The molecule has 0 amide bonds. The summed E-state index contributed by atoms with van der Waals surface area (Å²) in [6.45, 7) is 0. The summed E-state index contributed by atoms with van der Waals surface area (Å²) in [5.74, 6) is -0.277. The maximum Gasteiger partial charge on any atom is 0.339 e. The summed E-state index contributed by atoms with van der Waals surface area (Å²) in [4.78, 5) is 11.5. The predicted molar refractivity (Wildman–Crippen MR) is 63.7 cm³/mol. The number of hydrogen-bond donors (Lipinski definition) is 1. The normalized spacial score (nSPS) is 16.1. The molecule has 16 heavy (non-hydrogen) atoms. The molecule has 2 rings (SSSR count). The molecule has 3 heteroatoms. The van der Waals surface area contributed by atoms with Crippen LogP contribution >= 0.6 is 0 Å². The van der Waals surface area contributed by atoms with E-state index in [1.165, 1.54) is 32.8 Å². The summed E-state index contributed by atoms with van der Waals surface area (Å²) in [5, 5.41) is 3.42. The van der Waals surface area contributed by atoms with Gasteiger partial charge in [-0.2, -0.15) is 0 Å². The van der Waals surface area contributed by atoms with Crippen LogP contribution in [0.25, 0.3) is 0 Å². The van der Waals surface area contributed by atoms with Crippen LogP contribution < -0.4 is 5.32 Å². The second-order valence-corrected chi connectivity index (χ2v) is 4.16. The van der Waals surface area contributed by atoms with Gasteiger partial charge >= 0.3 is 5.97 Å². The molecule has 0 radical (unpaired) electrons. The van der Waals surface area contributed by atoms with Crippen LogP contribution in [-0.4, -0.2) is 19.1 Å². The van der Waals surface area contributed by atoms with E-state index in [0.29, 0.717) is 11.6 Å². The molecule has 0 aromatic heterocycles. The molecule has 1 fully saturated rings. The highest BCUT2D eigenvalue weighted by Gasteiger charge is 2.17. The van der Waals surface area contributed by atoms with E-state index in [1.807, 2.05) is 18.2 Å². The van der Waals surface area contributed by atoms with Crippen molar-refractivity contribution in [1.29, 1.82) is 0 Å². The zero-order valence-corrected chi connectivity index (χ0v) is 9.53. The first kappa shape index (κ1) is 11.0. The van der Waals surface area contributed by atoms with Gasteiger partial charge in [-0.05, 0) is 25.0 Å². The van der Waals surface area contributed by atoms with Gasteiger partial charge < -0.3 is 10.1 Å². The third-order valence-corrected chi connectivity index (χ3v) is 3.05. The Balaban J connectivity index is 2.15. The Labute approximate surface area is 95.8 Å². The number of methoxy groups -OCH3 is 1. The van der Waals surface area contributed by atoms with Crippen molar-refractivity contribution in [2.45, 2.75) is 31.7 Å². The topological polar surface area (TPSA) is 38.3 Å². The number of hydrogen-bond acceptors (Lipinski definition) is 3. The highest BCUT2D eigenvalue weighted by molar-refractivity contribution is 5.95. The highest BCUT2D eigenvalue weighted by Crippen LogP contribution is 2.24. The Bertz CT molecular complexity index is 370. The highest BCUT2D eigenvalue weighted by atomic mass is 16.5. The molecule has 0 heterocycles. The lowest BCUT2D eigenvalue weighted by molar-refractivity contribution is 0.0602. The van der Waals surface area contributed by atoms with Crippen LogP contribution in [0.2, 0.25) is 0 Å². The van der Waals surface area contributed by atoms with Crippen LogP contribution in [0.1, 0.15) is 36.0 Å². The molecule has 0 bridgehead atoms. The first-order chi connectivity index (χ1) is 7.81. The molecule has 1 saturated carbocycles. The fourth-order valence-corrected chi connectivity index (χ4v) is 2.19. The molecule has 1 aliphatic rings. The predicted octanol–water partition coefficient (Wildman–Crippen LogP) is 2.83. The second kappa shape index (κ2) is 5.01. The van der Waals surface area contributed by atoms with E-state index < -0.39 is 0 Å². The Kier molecular flexibility index (Phi) is 3.44. The molecule has 1 aliphatic carbocycles. The molecule has 0 spiro atoms. The molecular formula is C13H17NO2. The largest absolute Gasteiger partial charge is 0.465 e. The fraction of sp³-hybridized carbons (Fsp3) is 0.462. The number of nitrogens with one attached hydrogen (secondary N) is 1. The van der Waals surface area contributed by atoms with Gasteiger partial charge in [-0.3, -0.25) is 0 Å². The zero-order valence-electron chi connectivity index (χ0n) is 9.53. The lowest BCUT2D eigenvalue weighted by atomic mass is 10.1. The summed E-state index contributed by atoms with van der Waals surface area (Å²) < 4.78 is 4.76. The molecule has 1 aromatic carbocycles. The van der Waals surface area contributed by atoms with Gasteiger partial charge in [-0.1, -0.05) is 25.0 Å². The summed E-state index contributed by atoms with van der Waals surface area (Å²) in [6.07, 6.45) is 4.93. The summed E-state index contributed by atoms with van der Waals surface area (Å²) >= 11 is 0. The average Bonchev–Trinajstić information content (AvgIpc) is 2.82. The van der Waals surface area contributed by atoms with Crippen molar-refractivity contribution in [3.63, 3.8) is 0 Å². The van der Waals surface area contributed by atoms with Crippen LogP contribution in [0.4, 0.5) is 5.69 Å². The molecule has 0 saturated heterocycles. The fourth-order valence-electron chi connectivity index (χ4n) is 2.19. The first-order valence-corrected chi connectivity index (χ1v) is 5.75. The minimum Gasteiger partial charge on any atom is -0.465 e. The van der Waals surface area contributed by atoms with Gasteiger partial charge in [-0.15, -0.1) is 0 Å². The Morgan fingerprint density at radius 3 is 2.69 bits per heavy atom. The van der Waals surface area contributed by atoms with Crippen LogP contribution in [0.3, 0.4) is 0 Å². The lowest BCUT2D eigenvalue weighted by Gasteiger charge is -2.15. The first-order valence-electron chi connectivity index (χ1n) is 5.75. The standard InChI is InChI=1S/C13H17NO2/c1-16-13(15)11-8-4-5-9-12(11)14-10-6-2-3-7-10/h4-5,8-10,14H,2-3,6-7H2,1H3. The number of carbonyl (C=O) groups is 1. The minimum absolute atomic E-state index is 0.277. The zero-order chi connectivity index (χ0) is 11.4. The summed E-state index contributed by atoms with van der Waals surface area (Å²) in [5.41, 5.74) is 1.51. The molecule has 0 unspecified atom stereocenters. The Hall–Kier alpha value is -1.51. The van der Waals surface area contributed by atoms with E-state index in [2.05, 4.69) is 5.32 Å². The third-order valence-electron chi connectivity index (χ3n) is 3.05. The molecule has 0 atom stereocenters. The van der Waals surface area contributed by atoms with E-state index in [9.17, 15) is 4.79 Å². The van der Waals surface area contributed by atoms with Crippen LogP contribution in [0.5, 0.6) is 0 Å². The van der Waals surface area contributed by atoms with Gasteiger partial charge in [0, 0.05) is 11.7 Å². The maximum absolute atomic E-state index is 11.5. The summed E-state index contributed by atoms with van der Waals surface area (Å²) in [7, 11) is 1.41. The Morgan fingerprint density at radius 2 is 2.00 bits per heavy atom. The summed E-state index contributed by atoms with van der Waals surface area (Å²) in [6, 6.07) is 8.02. The lowest BCUT2D eigenvalue weighted by Crippen LogP contribution is -2.17. The minimum atomic E-state index is -0.277. The molecule has 1 aromatic rings. The number of esters is 1. The van der Waals surface area contributed by atoms with E-state index in [4.69, 9.17) is 4.74 Å². The molecule has 0 aliphatic heterocycles. The maximum atomic E-state index is 11.5. The van der Waals surface area contributed by atoms with Crippen LogP contribution in [0.15, 0.2) is 24.3 Å².